The molecule has 1 aromatic rings. The molecule has 2 saturated heterocycles. The summed E-state index contributed by atoms with van der Waals surface area (Å²) in [7, 11) is 0. The number of piperazine rings is 1. The van der Waals surface area contributed by atoms with E-state index in [1.165, 1.54) is 11.4 Å². The van der Waals surface area contributed by atoms with Gasteiger partial charge in [0.25, 0.3) is 5.91 Å². The normalized spacial score (nSPS) is 22.4. The summed E-state index contributed by atoms with van der Waals surface area (Å²) in [5.74, 6) is -0.0778. The minimum Gasteiger partial charge on any atom is -0.360 e. The van der Waals surface area contributed by atoms with Gasteiger partial charge in [-0.3, -0.25) is 4.79 Å². The van der Waals surface area contributed by atoms with E-state index in [-0.39, 0.29) is 17.9 Å². The van der Waals surface area contributed by atoms with Crippen molar-refractivity contribution in [3.8, 4) is 0 Å². The summed E-state index contributed by atoms with van der Waals surface area (Å²) in [6.45, 7) is 11.7. The van der Waals surface area contributed by atoms with Crippen LogP contribution in [0.2, 0.25) is 0 Å². The van der Waals surface area contributed by atoms with Crippen LogP contribution in [0.25, 0.3) is 0 Å². The van der Waals surface area contributed by atoms with Crippen LogP contribution in [0, 0.1) is 5.92 Å². The molecule has 2 N–H and O–H groups in total. The van der Waals surface area contributed by atoms with Gasteiger partial charge in [-0.25, -0.2) is 9.69 Å². The summed E-state index contributed by atoms with van der Waals surface area (Å²) in [4.78, 5) is 29.8. The number of anilines is 2. The van der Waals surface area contributed by atoms with Gasteiger partial charge < -0.3 is 15.1 Å². The molecule has 130 valence electrons. The van der Waals surface area contributed by atoms with E-state index in [2.05, 4.69) is 17.1 Å². The fourth-order valence-electron chi connectivity index (χ4n) is 3.44. The van der Waals surface area contributed by atoms with Gasteiger partial charge in [-0.15, -0.1) is 0 Å². The first-order valence-corrected chi connectivity index (χ1v) is 8.84. The molecule has 0 aliphatic carbocycles. The van der Waals surface area contributed by atoms with E-state index in [4.69, 9.17) is 0 Å². The number of urea groups is 1. The molecule has 6 heteroatoms. The lowest BCUT2D eigenvalue weighted by molar-refractivity contribution is -0.898. The van der Waals surface area contributed by atoms with Gasteiger partial charge in [0.1, 0.15) is 6.04 Å². The smallest absolute Gasteiger partial charge is 0.329 e. The van der Waals surface area contributed by atoms with Crippen molar-refractivity contribution in [2.75, 3.05) is 42.5 Å². The van der Waals surface area contributed by atoms with Gasteiger partial charge in [-0.05, 0) is 37.1 Å². The van der Waals surface area contributed by atoms with Crippen molar-refractivity contribution in [3.63, 3.8) is 0 Å². The molecule has 1 atom stereocenters. The van der Waals surface area contributed by atoms with Gasteiger partial charge in [0.05, 0.1) is 38.4 Å². The van der Waals surface area contributed by atoms with Crippen LogP contribution in [0.5, 0.6) is 0 Å². The number of quaternary nitrogens is 1. The zero-order chi connectivity index (χ0) is 17.3. The average Bonchev–Trinajstić information content (AvgIpc) is 2.90. The van der Waals surface area contributed by atoms with Crippen molar-refractivity contribution < 1.29 is 14.5 Å². The number of nitrogens with one attached hydrogen (secondary N) is 2. The third-order valence-electron chi connectivity index (χ3n) is 5.08. The highest BCUT2D eigenvalue weighted by atomic mass is 16.2. The van der Waals surface area contributed by atoms with Crippen LogP contribution in [-0.4, -0.2) is 50.7 Å². The molecule has 2 aliphatic rings. The Hall–Kier alpha value is -2.08. The molecule has 3 amide bonds. The maximum Gasteiger partial charge on any atom is 0.329 e. The fraction of sp³-hybridized carbons (Fsp3) is 0.556. The average molecular weight is 331 g/mol. The van der Waals surface area contributed by atoms with Gasteiger partial charge >= 0.3 is 6.03 Å². The van der Waals surface area contributed by atoms with E-state index in [1.807, 2.05) is 38.1 Å². The Labute approximate surface area is 143 Å². The van der Waals surface area contributed by atoms with Gasteiger partial charge in [0.2, 0.25) is 0 Å². The molecule has 24 heavy (non-hydrogen) atoms. The predicted octanol–water partition coefficient (Wildman–Crippen LogP) is 0.492. The van der Waals surface area contributed by atoms with Crippen molar-refractivity contribution in [3.05, 3.63) is 24.3 Å². The van der Waals surface area contributed by atoms with E-state index in [1.54, 1.807) is 4.90 Å². The van der Waals surface area contributed by atoms with Gasteiger partial charge in [-0.2, -0.15) is 0 Å². The Kier molecular flexibility index (Phi) is 4.76. The number of likely N-dealkylation sites (N-methyl/N-ethyl adjacent to an activating group) is 1. The van der Waals surface area contributed by atoms with E-state index >= 15 is 0 Å². The summed E-state index contributed by atoms with van der Waals surface area (Å²) in [6.07, 6.45) is 0. The summed E-state index contributed by atoms with van der Waals surface area (Å²) < 4.78 is 0. The number of hydrogen-bond acceptors (Lipinski definition) is 3. The van der Waals surface area contributed by atoms with E-state index in [9.17, 15) is 9.59 Å². The topological polar surface area (TPSA) is 57.1 Å². The quantitative estimate of drug-likeness (QED) is 0.790. The van der Waals surface area contributed by atoms with Crippen LogP contribution in [0.4, 0.5) is 16.2 Å². The molecule has 1 aromatic carbocycles. The number of nitrogens with zero attached hydrogens (tertiary/aromatic N) is 2. The Morgan fingerprint density at radius 2 is 1.71 bits per heavy atom. The van der Waals surface area contributed by atoms with E-state index in [0.29, 0.717) is 5.69 Å². The van der Waals surface area contributed by atoms with Crippen LogP contribution in [0.3, 0.4) is 0 Å². The van der Waals surface area contributed by atoms with Gasteiger partial charge in [0.15, 0.2) is 0 Å². The zero-order valence-electron chi connectivity index (χ0n) is 14.7. The standard InChI is InChI=1S/C18H26N4O2/c1-4-20-9-11-21(12-10-20)14-5-7-15(8-6-14)22-17(23)16(13(2)3)19-18(22)24/h5-8,13,16H,4,9-12H2,1-3H3,(H,19,24)/p+1/t16-/m0/s1. The first kappa shape index (κ1) is 16.8. The van der Waals surface area contributed by atoms with Crippen molar-refractivity contribution >= 4 is 23.3 Å². The molecule has 0 unspecified atom stereocenters. The predicted molar refractivity (Wildman–Crippen MR) is 94.5 cm³/mol. The van der Waals surface area contributed by atoms with Crippen LogP contribution in [-0.2, 0) is 4.79 Å². The highest BCUT2D eigenvalue weighted by Gasteiger charge is 2.40. The number of amides is 3. The van der Waals surface area contributed by atoms with E-state index in [0.717, 1.165) is 31.9 Å². The van der Waals surface area contributed by atoms with Crippen molar-refractivity contribution in [1.82, 2.24) is 5.32 Å². The molecule has 0 aromatic heterocycles. The zero-order valence-corrected chi connectivity index (χ0v) is 14.7. The molecular formula is C18H27N4O2+. The van der Waals surface area contributed by atoms with E-state index < -0.39 is 6.04 Å². The first-order valence-electron chi connectivity index (χ1n) is 8.84. The SMILES string of the molecule is CC[NH+]1CCN(c2ccc(N3C(=O)N[C@@H](C(C)C)C3=O)cc2)CC1. The second-order valence-electron chi connectivity index (χ2n) is 6.95. The molecule has 0 bridgehead atoms. The number of carbonyl (C=O) groups is 2. The summed E-state index contributed by atoms with van der Waals surface area (Å²) in [5.41, 5.74) is 1.79. The lowest BCUT2D eigenvalue weighted by atomic mass is 10.0. The molecule has 2 heterocycles. The highest BCUT2D eigenvalue weighted by molar-refractivity contribution is 6.21. The Balaban J connectivity index is 1.71. The largest absolute Gasteiger partial charge is 0.360 e. The lowest BCUT2D eigenvalue weighted by Crippen LogP contribution is -3.14. The minimum atomic E-state index is -0.428. The first-order chi connectivity index (χ1) is 11.5. The third kappa shape index (κ3) is 3.11. The van der Waals surface area contributed by atoms with Crippen LogP contribution < -0.4 is 20.0 Å². The maximum absolute atomic E-state index is 12.4. The van der Waals surface area contributed by atoms with Crippen molar-refractivity contribution in [2.24, 2.45) is 5.92 Å². The lowest BCUT2D eigenvalue weighted by Gasteiger charge is -2.33. The van der Waals surface area contributed by atoms with Crippen LogP contribution in [0.1, 0.15) is 20.8 Å². The molecule has 3 rings (SSSR count). The second-order valence-corrected chi connectivity index (χ2v) is 6.95. The Morgan fingerprint density at radius 3 is 2.21 bits per heavy atom. The summed E-state index contributed by atoms with van der Waals surface area (Å²) in [6, 6.07) is 7.00. The number of hydrogen-bond donors (Lipinski definition) is 2. The van der Waals surface area contributed by atoms with Crippen LogP contribution >= 0.6 is 0 Å². The van der Waals surface area contributed by atoms with Crippen molar-refractivity contribution in [2.45, 2.75) is 26.8 Å². The summed E-state index contributed by atoms with van der Waals surface area (Å²) in [5, 5.41) is 2.77. The Morgan fingerprint density at radius 1 is 1.12 bits per heavy atom. The number of carbonyl (C=O) groups excluding carboxylic acids is 2. The fourth-order valence-corrected chi connectivity index (χ4v) is 3.44. The van der Waals surface area contributed by atoms with Crippen molar-refractivity contribution in [1.29, 1.82) is 0 Å². The molecule has 0 radical (unpaired) electrons. The number of benzene rings is 1. The molecule has 0 spiro atoms. The minimum absolute atomic E-state index is 0.0862. The molecule has 6 nitrogen and oxygen atoms in total. The highest BCUT2D eigenvalue weighted by Crippen LogP contribution is 2.25. The molecule has 2 aliphatic heterocycles. The number of rotatable bonds is 4. The third-order valence-corrected chi connectivity index (χ3v) is 5.08. The molecule has 2 fully saturated rings. The molecular weight excluding hydrogens is 304 g/mol. The van der Waals surface area contributed by atoms with Gasteiger partial charge in [-0.1, -0.05) is 13.8 Å². The summed E-state index contributed by atoms with van der Waals surface area (Å²) >= 11 is 0. The molecule has 0 saturated carbocycles. The monoisotopic (exact) mass is 331 g/mol. The maximum atomic E-state index is 12.4. The van der Waals surface area contributed by atoms with Gasteiger partial charge in [0, 0.05) is 5.69 Å². The number of imide groups is 1. The Bertz CT molecular complexity index is 606. The van der Waals surface area contributed by atoms with Crippen LogP contribution in [0.15, 0.2) is 24.3 Å². The second kappa shape index (κ2) is 6.81.